The van der Waals surface area contributed by atoms with Gasteiger partial charge in [0.15, 0.2) is 0 Å². The Labute approximate surface area is 113 Å². The van der Waals surface area contributed by atoms with Gasteiger partial charge in [0.1, 0.15) is 0 Å². The van der Waals surface area contributed by atoms with E-state index in [1.165, 1.54) is 5.56 Å². The van der Waals surface area contributed by atoms with Gasteiger partial charge in [0, 0.05) is 5.69 Å². The van der Waals surface area contributed by atoms with Gasteiger partial charge in [-0.15, -0.1) is 0 Å². The number of benzene rings is 2. The maximum absolute atomic E-state index is 12.5. The summed E-state index contributed by atoms with van der Waals surface area (Å²) in [5.74, 6) is 0.113. The second-order valence-corrected chi connectivity index (χ2v) is 5.27. The topological polar surface area (TPSA) is 29.1 Å². The number of hydrogen-bond acceptors (Lipinski definition) is 1. The van der Waals surface area contributed by atoms with Gasteiger partial charge in [0.2, 0.25) is 5.91 Å². The van der Waals surface area contributed by atoms with Crippen molar-refractivity contribution in [3.63, 3.8) is 0 Å². The SMILES string of the molecule is Cc1ccc(NC(=O)C2(c3ccccc3)CC2)cc1. The molecule has 1 aliphatic rings. The Balaban J connectivity index is 1.79. The Morgan fingerprint density at radius 3 is 2.21 bits per heavy atom. The molecule has 3 rings (SSSR count). The van der Waals surface area contributed by atoms with Crippen molar-refractivity contribution in [1.29, 1.82) is 0 Å². The second kappa shape index (κ2) is 4.54. The van der Waals surface area contributed by atoms with Crippen molar-refractivity contribution in [3.8, 4) is 0 Å². The summed E-state index contributed by atoms with van der Waals surface area (Å²) in [5.41, 5.74) is 2.89. The van der Waals surface area contributed by atoms with Crippen LogP contribution in [0.3, 0.4) is 0 Å². The first-order valence-corrected chi connectivity index (χ1v) is 6.64. The van der Waals surface area contributed by atoms with Crippen LogP contribution >= 0.6 is 0 Å². The van der Waals surface area contributed by atoms with Crippen LogP contribution in [-0.2, 0) is 10.2 Å². The van der Waals surface area contributed by atoms with Gasteiger partial charge in [0.05, 0.1) is 5.41 Å². The molecule has 0 aromatic heterocycles. The molecule has 0 unspecified atom stereocenters. The maximum atomic E-state index is 12.5. The fourth-order valence-electron chi connectivity index (χ4n) is 2.42. The lowest BCUT2D eigenvalue weighted by Gasteiger charge is -2.15. The standard InChI is InChI=1S/C17H17NO/c1-13-7-9-15(10-8-13)18-16(19)17(11-12-17)14-5-3-2-4-6-14/h2-10H,11-12H2,1H3,(H,18,19). The van der Waals surface area contributed by atoms with E-state index in [1.807, 2.05) is 61.5 Å². The predicted octanol–water partition coefficient (Wildman–Crippen LogP) is 3.67. The molecule has 2 heteroatoms. The molecule has 2 aromatic rings. The van der Waals surface area contributed by atoms with E-state index in [1.54, 1.807) is 0 Å². The van der Waals surface area contributed by atoms with Gasteiger partial charge in [-0.2, -0.15) is 0 Å². The van der Waals surface area contributed by atoms with E-state index in [4.69, 9.17) is 0 Å². The van der Waals surface area contributed by atoms with E-state index in [-0.39, 0.29) is 11.3 Å². The van der Waals surface area contributed by atoms with Crippen molar-refractivity contribution in [1.82, 2.24) is 0 Å². The van der Waals surface area contributed by atoms with E-state index < -0.39 is 0 Å². The van der Waals surface area contributed by atoms with Gasteiger partial charge < -0.3 is 5.32 Å². The minimum Gasteiger partial charge on any atom is -0.325 e. The minimum atomic E-state index is -0.299. The van der Waals surface area contributed by atoms with E-state index in [9.17, 15) is 4.79 Å². The summed E-state index contributed by atoms with van der Waals surface area (Å²) in [5, 5.41) is 3.03. The first-order valence-electron chi connectivity index (χ1n) is 6.64. The van der Waals surface area contributed by atoms with Crippen molar-refractivity contribution in [2.45, 2.75) is 25.2 Å². The fourth-order valence-corrected chi connectivity index (χ4v) is 2.42. The molecule has 0 saturated heterocycles. The minimum absolute atomic E-state index is 0.113. The molecule has 2 nitrogen and oxygen atoms in total. The van der Waals surface area contributed by atoms with E-state index >= 15 is 0 Å². The Morgan fingerprint density at radius 1 is 1.00 bits per heavy atom. The maximum Gasteiger partial charge on any atom is 0.235 e. The Bertz CT molecular complexity index is 582. The fraction of sp³-hybridized carbons (Fsp3) is 0.235. The van der Waals surface area contributed by atoms with Crippen LogP contribution in [0.2, 0.25) is 0 Å². The molecule has 0 heterocycles. The average Bonchev–Trinajstić information content (AvgIpc) is 3.24. The molecule has 0 spiro atoms. The highest BCUT2D eigenvalue weighted by molar-refractivity contribution is 6.01. The molecule has 0 bridgehead atoms. The van der Waals surface area contributed by atoms with E-state index in [2.05, 4.69) is 5.32 Å². The number of anilines is 1. The largest absolute Gasteiger partial charge is 0.325 e. The normalized spacial score (nSPS) is 15.8. The lowest BCUT2D eigenvalue weighted by Crippen LogP contribution is -2.27. The third-order valence-corrected chi connectivity index (χ3v) is 3.82. The van der Waals surface area contributed by atoms with Gasteiger partial charge in [-0.05, 0) is 37.5 Å². The first kappa shape index (κ1) is 12.0. The first-order chi connectivity index (χ1) is 9.21. The predicted molar refractivity (Wildman–Crippen MR) is 77.2 cm³/mol. The summed E-state index contributed by atoms with van der Waals surface area (Å²) < 4.78 is 0. The number of nitrogens with one attached hydrogen (secondary N) is 1. The molecule has 96 valence electrons. The molecule has 0 atom stereocenters. The summed E-state index contributed by atoms with van der Waals surface area (Å²) in [6.45, 7) is 2.04. The summed E-state index contributed by atoms with van der Waals surface area (Å²) in [6.07, 6.45) is 1.88. The monoisotopic (exact) mass is 251 g/mol. The quantitative estimate of drug-likeness (QED) is 0.886. The summed E-state index contributed by atoms with van der Waals surface area (Å²) in [7, 11) is 0. The second-order valence-electron chi connectivity index (χ2n) is 5.27. The van der Waals surface area contributed by atoms with Crippen molar-refractivity contribution < 1.29 is 4.79 Å². The van der Waals surface area contributed by atoms with Crippen LogP contribution in [0.15, 0.2) is 54.6 Å². The van der Waals surface area contributed by atoms with Crippen LogP contribution in [-0.4, -0.2) is 5.91 Å². The van der Waals surface area contributed by atoms with Crippen LogP contribution in [0.4, 0.5) is 5.69 Å². The summed E-state index contributed by atoms with van der Waals surface area (Å²) in [4.78, 5) is 12.5. The molecular weight excluding hydrogens is 234 g/mol. The van der Waals surface area contributed by atoms with Crippen LogP contribution in [0.1, 0.15) is 24.0 Å². The highest BCUT2D eigenvalue weighted by atomic mass is 16.2. The Hall–Kier alpha value is -2.09. The van der Waals surface area contributed by atoms with E-state index in [0.29, 0.717) is 0 Å². The van der Waals surface area contributed by atoms with Gasteiger partial charge in [-0.3, -0.25) is 4.79 Å². The third-order valence-electron chi connectivity index (χ3n) is 3.82. The molecule has 1 amide bonds. The highest BCUT2D eigenvalue weighted by Gasteiger charge is 2.51. The van der Waals surface area contributed by atoms with Gasteiger partial charge in [-0.1, -0.05) is 48.0 Å². The van der Waals surface area contributed by atoms with Crippen molar-refractivity contribution in [2.75, 3.05) is 5.32 Å². The van der Waals surface area contributed by atoms with Crippen molar-refractivity contribution in [2.24, 2.45) is 0 Å². The van der Waals surface area contributed by atoms with E-state index in [0.717, 1.165) is 24.1 Å². The number of aryl methyl sites for hydroxylation is 1. The van der Waals surface area contributed by atoms with Crippen LogP contribution < -0.4 is 5.32 Å². The smallest absolute Gasteiger partial charge is 0.235 e. The van der Waals surface area contributed by atoms with Gasteiger partial charge >= 0.3 is 0 Å². The molecule has 1 saturated carbocycles. The zero-order valence-electron chi connectivity index (χ0n) is 11.0. The molecular formula is C17H17NO. The lowest BCUT2D eigenvalue weighted by atomic mass is 9.95. The van der Waals surface area contributed by atoms with Crippen molar-refractivity contribution >= 4 is 11.6 Å². The number of carbonyl (C=O) groups is 1. The molecule has 2 aromatic carbocycles. The molecule has 0 aliphatic heterocycles. The van der Waals surface area contributed by atoms with Crippen molar-refractivity contribution in [3.05, 3.63) is 65.7 Å². The lowest BCUT2D eigenvalue weighted by molar-refractivity contribution is -0.118. The summed E-state index contributed by atoms with van der Waals surface area (Å²) >= 11 is 0. The zero-order chi connectivity index (χ0) is 13.3. The average molecular weight is 251 g/mol. The van der Waals surface area contributed by atoms with Gasteiger partial charge in [-0.25, -0.2) is 0 Å². The number of amides is 1. The Kier molecular flexibility index (Phi) is 2.86. The molecule has 19 heavy (non-hydrogen) atoms. The van der Waals surface area contributed by atoms with Crippen LogP contribution in [0.5, 0.6) is 0 Å². The molecule has 1 N–H and O–H groups in total. The molecule has 1 fully saturated rings. The number of rotatable bonds is 3. The van der Waals surface area contributed by atoms with Crippen LogP contribution in [0, 0.1) is 6.92 Å². The highest BCUT2D eigenvalue weighted by Crippen LogP contribution is 2.48. The molecule has 1 aliphatic carbocycles. The van der Waals surface area contributed by atoms with Crippen LogP contribution in [0.25, 0.3) is 0 Å². The van der Waals surface area contributed by atoms with Gasteiger partial charge in [0.25, 0.3) is 0 Å². The third kappa shape index (κ3) is 2.26. The Morgan fingerprint density at radius 2 is 1.63 bits per heavy atom. The molecule has 0 radical (unpaired) electrons. The number of hydrogen-bond donors (Lipinski definition) is 1. The zero-order valence-corrected chi connectivity index (χ0v) is 11.0. The summed E-state index contributed by atoms with van der Waals surface area (Å²) in [6, 6.07) is 18.0. The number of carbonyl (C=O) groups excluding carboxylic acids is 1.